The van der Waals surface area contributed by atoms with Crippen LogP contribution in [0.1, 0.15) is 49.7 Å². The van der Waals surface area contributed by atoms with Gasteiger partial charge < -0.3 is 41.9 Å². The van der Waals surface area contributed by atoms with E-state index in [1.165, 1.54) is 62.8 Å². The van der Waals surface area contributed by atoms with Gasteiger partial charge in [-0.15, -0.1) is 0 Å². The Kier molecular flexibility index (Phi) is 14.8. The van der Waals surface area contributed by atoms with Crippen molar-refractivity contribution in [2.45, 2.75) is 50.6 Å². The van der Waals surface area contributed by atoms with E-state index in [2.05, 4.69) is 0 Å². The van der Waals surface area contributed by atoms with Crippen molar-refractivity contribution in [2.24, 2.45) is 22.9 Å². The molecule has 246 valence electrons. The van der Waals surface area contributed by atoms with Gasteiger partial charge in [-0.2, -0.15) is 0 Å². The molecule has 2 atom stereocenters. The number of ether oxygens (including phenoxy) is 4. The Morgan fingerprint density at radius 1 is 0.652 bits per heavy atom. The van der Waals surface area contributed by atoms with Gasteiger partial charge in [0.15, 0.2) is 34.6 Å². The van der Waals surface area contributed by atoms with Gasteiger partial charge in [0.1, 0.15) is 12.1 Å². The van der Waals surface area contributed by atoms with E-state index < -0.39 is 53.8 Å². The third kappa shape index (κ3) is 12.7. The first-order valence-corrected chi connectivity index (χ1v) is 14.1. The number of benzene rings is 2. The van der Waals surface area contributed by atoms with Gasteiger partial charge in [0.2, 0.25) is 11.8 Å². The average Bonchev–Trinajstić information content (AvgIpc) is 3.02. The summed E-state index contributed by atoms with van der Waals surface area (Å²) in [5, 5.41) is 0. The lowest BCUT2D eigenvalue weighted by atomic mass is 10.1. The van der Waals surface area contributed by atoms with Crippen molar-refractivity contribution >= 4 is 47.5 Å². The second kappa shape index (κ2) is 18.5. The number of carbonyl (C=O) groups is 6. The van der Waals surface area contributed by atoms with Gasteiger partial charge in [-0.25, -0.2) is 9.59 Å². The topological polar surface area (TPSA) is 243 Å². The van der Waals surface area contributed by atoms with Crippen LogP contribution in [0.15, 0.2) is 48.6 Å². The minimum Gasteiger partial charge on any atom is -0.493 e. The summed E-state index contributed by atoms with van der Waals surface area (Å²) in [6.07, 6.45) is 5.66. The first-order valence-electron chi connectivity index (χ1n) is 14.1. The van der Waals surface area contributed by atoms with E-state index in [-0.39, 0.29) is 48.7 Å². The molecule has 0 radical (unpaired) electrons. The number of hydrogen-bond donors (Lipinski definition) is 4. The summed E-state index contributed by atoms with van der Waals surface area (Å²) >= 11 is 0. The number of hydrogen-bond acceptors (Lipinski definition) is 12. The van der Waals surface area contributed by atoms with Gasteiger partial charge in [0.05, 0.1) is 20.6 Å². The molecular weight excluding hydrogens is 600 g/mol. The Morgan fingerprint density at radius 2 is 1.09 bits per heavy atom. The van der Waals surface area contributed by atoms with Gasteiger partial charge in [0, 0.05) is 12.8 Å². The van der Waals surface area contributed by atoms with Crippen molar-refractivity contribution in [1.82, 2.24) is 0 Å². The lowest BCUT2D eigenvalue weighted by molar-refractivity contribution is -0.137. The van der Waals surface area contributed by atoms with Crippen molar-refractivity contribution < 1.29 is 47.7 Å². The number of esters is 2. The fourth-order valence-corrected chi connectivity index (χ4v) is 3.81. The molecule has 14 heteroatoms. The number of methoxy groups -OCH3 is 2. The van der Waals surface area contributed by atoms with Crippen LogP contribution < -0.4 is 41.9 Å². The summed E-state index contributed by atoms with van der Waals surface area (Å²) in [4.78, 5) is 71.1. The van der Waals surface area contributed by atoms with Gasteiger partial charge >= 0.3 is 11.9 Å². The van der Waals surface area contributed by atoms with Crippen molar-refractivity contribution in [3.8, 4) is 23.0 Å². The highest BCUT2D eigenvalue weighted by Gasteiger charge is 2.20. The number of allylic oxidation sites excluding steroid dienone is 2. The Hall–Kier alpha value is -5.34. The van der Waals surface area contributed by atoms with Crippen LogP contribution in [0.4, 0.5) is 0 Å². The normalized spacial score (nSPS) is 12.3. The quantitative estimate of drug-likeness (QED) is 0.0737. The molecule has 2 aromatic rings. The van der Waals surface area contributed by atoms with E-state index in [4.69, 9.17) is 41.9 Å². The smallest absolute Gasteiger partial charge is 0.328 e. The highest BCUT2D eigenvalue weighted by Crippen LogP contribution is 2.30. The molecule has 0 aliphatic rings. The highest BCUT2D eigenvalue weighted by atomic mass is 16.6. The lowest BCUT2D eigenvalue weighted by Crippen LogP contribution is -2.35. The van der Waals surface area contributed by atoms with E-state index in [0.29, 0.717) is 17.5 Å². The molecule has 0 aliphatic carbocycles. The number of primary amides is 2. The van der Waals surface area contributed by atoms with Crippen molar-refractivity contribution in [3.63, 3.8) is 0 Å². The fourth-order valence-electron chi connectivity index (χ4n) is 3.81. The molecule has 0 aromatic heterocycles. The van der Waals surface area contributed by atoms with E-state index in [1.807, 2.05) is 0 Å². The first kappa shape index (κ1) is 36.8. The van der Waals surface area contributed by atoms with Gasteiger partial charge in [-0.05, 0) is 66.8 Å². The molecule has 0 saturated carbocycles. The lowest BCUT2D eigenvalue weighted by Gasteiger charge is -2.13. The summed E-state index contributed by atoms with van der Waals surface area (Å²) in [7, 11) is 2.74. The van der Waals surface area contributed by atoms with Crippen LogP contribution in [0.5, 0.6) is 23.0 Å². The highest BCUT2D eigenvalue weighted by molar-refractivity contribution is 6.10. The number of rotatable bonds is 19. The van der Waals surface area contributed by atoms with E-state index in [0.717, 1.165) is 0 Å². The molecule has 2 rings (SSSR count). The van der Waals surface area contributed by atoms with Crippen LogP contribution in [0, 0.1) is 0 Å². The zero-order valence-corrected chi connectivity index (χ0v) is 25.6. The number of amides is 2. The molecule has 46 heavy (non-hydrogen) atoms. The molecule has 14 nitrogen and oxygen atoms in total. The van der Waals surface area contributed by atoms with Crippen LogP contribution in [0.25, 0.3) is 12.2 Å². The van der Waals surface area contributed by atoms with E-state index >= 15 is 0 Å². The summed E-state index contributed by atoms with van der Waals surface area (Å²) in [5.74, 6) is -2.84. The van der Waals surface area contributed by atoms with Crippen molar-refractivity contribution in [1.29, 1.82) is 0 Å². The fraction of sp³-hybridized carbons (Fsp3) is 0.312. The summed E-state index contributed by atoms with van der Waals surface area (Å²) < 4.78 is 21.1. The Balaban J connectivity index is 1.95. The van der Waals surface area contributed by atoms with Gasteiger partial charge in [-0.1, -0.05) is 24.3 Å². The summed E-state index contributed by atoms with van der Waals surface area (Å²) in [5.41, 5.74) is 22.8. The Morgan fingerprint density at radius 3 is 1.50 bits per heavy atom. The molecule has 0 saturated heterocycles. The van der Waals surface area contributed by atoms with Crippen LogP contribution >= 0.6 is 0 Å². The average molecular weight is 639 g/mol. The molecule has 0 unspecified atom stereocenters. The molecule has 8 N–H and O–H groups in total. The molecule has 0 heterocycles. The van der Waals surface area contributed by atoms with Crippen LogP contribution in [0.2, 0.25) is 0 Å². The number of nitrogens with two attached hydrogens (primary N) is 4. The standard InChI is InChI=1S/C32H38N4O10/c1-43-27-16-19(8-13-25(27)45-31(41)23(33)4-3-5-29(35)39)6-10-21(37)18-22(38)11-7-20-9-14-26(28(17-20)44-2)46-32(42)24(34)12-15-30(36)40/h6-11,13-14,16-17,23-24H,3-5,12,15,18,33-34H2,1-2H3,(H2,35,39)(H2,36,40)/b10-6+,11-7+/t23-,24-/m0/s1. The predicted molar refractivity (Wildman–Crippen MR) is 167 cm³/mol. The second-order valence-electron chi connectivity index (χ2n) is 10.0. The summed E-state index contributed by atoms with van der Waals surface area (Å²) in [6, 6.07) is 7.13. The van der Waals surface area contributed by atoms with Gasteiger partial charge in [0.25, 0.3) is 0 Å². The zero-order chi connectivity index (χ0) is 34.2. The predicted octanol–water partition coefficient (Wildman–Crippen LogP) is 1.35. The zero-order valence-electron chi connectivity index (χ0n) is 25.6. The molecule has 0 bridgehead atoms. The third-order valence-corrected chi connectivity index (χ3v) is 6.31. The molecule has 2 aromatic carbocycles. The largest absolute Gasteiger partial charge is 0.493 e. The maximum atomic E-state index is 12.4. The minimum absolute atomic E-state index is 0.0309. The summed E-state index contributed by atoms with van der Waals surface area (Å²) in [6.45, 7) is 0. The Bertz CT molecular complexity index is 1500. The monoisotopic (exact) mass is 638 g/mol. The van der Waals surface area contributed by atoms with Crippen molar-refractivity contribution in [2.75, 3.05) is 14.2 Å². The molecule has 0 spiro atoms. The maximum absolute atomic E-state index is 12.4. The molecule has 2 amide bonds. The van der Waals surface area contributed by atoms with E-state index in [9.17, 15) is 28.8 Å². The van der Waals surface area contributed by atoms with Crippen molar-refractivity contribution in [3.05, 3.63) is 59.7 Å². The van der Waals surface area contributed by atoms with E-state index in [1.54, 1.807) is 12.1 Å². The number of ketones is 2. The van der Waals surface area contributed by atoms with Gasteiger partial charge in [-0.3, -0.25) is 19.2 Å². The van der Waals surface area contributed by atoms with Crippen LogP contribution in [-0.2, 0) is 28.8 Å². The number of carbonyl (C=O) groups excluding carboxylic acids is 6. The molecule has 0 aliphatic heterocycles. The van der Waals surface area contributed by atoms with Crippen LogP contribution in [0.3, 0.4) is 0 Å². The first-order chi connectivity index (χ1) is 21.8. The maximum Gasteiger partial charge on any atom is 0.328 e. The third-order valence-electron chi connectivity index (χ3n) is 6.31. The SMILES string of the molecule is COc1cc(/C=C/C(=O)CC(=O)/C=C/c2ccc(OC(=O)[C@@H](N)CCC(N)=O)c(OC)c2)ccc1OC(=O)[C@@H](N)CCCC(N)=O. The second-order valence-corrected chi connectivity index (χ2v) is 10.0. The Labute approximate surface area is 265 Å². The molecular formula is C32H38N4O10. The molecule has 0 fully saturated rings. The van der Waals surface area contributed by atoms with Crippen LogP contribution in [-0.4, -0.2) is 61.6 Å². The minimum atomic E-state index is -1.05.